The lowest BCUT2D eigenvalue weighted by molar-refractivity contribution is -0.140. The zero-order chi connectivity index (χ0) is 29.2. The molecule has 1 aliphatic carbocycles. The first-order chi connectivity index (χ1) is 20.5. The van der Waals surface area contributed by atoms with Gasteiger partial charge >= 0.3 is 7.12 Å². The first kappa shape index (κ1) is 28.8. The molecular weight excluding hydrogens is 555 g/mol. The summed E-state index contributed by atoms with van der Waals surface area (Å²) in [5.41, 5.74) is 3.64. The molecule has 3 aromatic rings. The second-order valence-electron chi connectivity index (χ2n) is 11.0. The van der Waals surface area contributed by atoms with Crippen LogP contribution in [0.3, 0.4) is 0 Å². The standard InChI is InChI=1S/C31H33BN2O7S/c1-39-18-20-14-24-29(31(37)34(30(24)36)16-23-5-4-12-42-23)25-15-32(38)41-27(28(20)25)10-7-19(26-6-2-3-11-33-26)13-21-8-9-22(17-35)40-21/h2-6,8-9,11-13,24-25,27,29,35,38H,7,10,14-18H2,1H3/b19-13-/t24-,25+,27-,29-/m1/s1. The minimum atomic E-state index is -1.06. The Balaban J connectivity index is 1.30. The molecule has 0 unspecified atom stereocenters. The summed E-state index contributed by atoms with van der Waals surface area (Å²) in [7, 11) is 0.568. The van der Waals surface area contributed by atoms with Gasteiger partial charge in [0.2, 0.25) is 11.8 Å². The van der Waals surface area contributed by atoms with E-state index in [-0.39, 0.29) is 37.2 Å². The number of likely N-dealkylation sites (tertiary alicyclic amines) is 1. The monoisotopic (exact) mass is 588 g/mol. The number of pyridine rings is 1. The fraction of sp³-hybridized carbons (Fsp3) is 0.387. The van der Waals surface area contributed by atoms with E-state index in [9.17, 15) is 19.7 Å². The molecule has 0 spiro atoms. The average molecular weight is 588 g/mol. The van der Waals surface area contributed by atoms with Crippen molar-refractivity contribution < 1.29 is 33.5 Å². The summed E-state index contributed by atoms with van der Waals surface area (Å²) in [5, 5.41) is 22.2. The highest BCUT2D eigenvalue weighted by Crippen LogP contribution is 2.51. The third-order valence-electron chi connectivity index (χ3n) is 8.44. The van der Waals surface area contributed by atoms with Gasteiger partial charge in [0.1, 0.15) is 18.1 Å². The van der Waals surface area contributed by atoms with Crippen LogP contribution < -0.4 is 0 Å². The van der Waals surface area contributed by atoms with E-state index in [1.54, 1.807) is 25.4 Å². The lowest BCUT2D eigenvalue weighted by atomic mass is 9.58. The number of allylic oxidation sites excluding steroid dienone is 1. The highest BCUT2D eigenvalue weighted by atomic mass is 32.1. The first-order valence-corrected chi connectivity index (χ1v) is 15.1. The number of nitrogens with zero attached hydrogens (tertiary/aromatic N) is 2. The number of imide groups is 1. The Kier molecular flexibility index (Phi) is 8.55. The Morgan fingerprint density at radius 2 is 2.07 bits per heavy atom. The number of methoxy groups -OCH3 is 1. The number of ether oxygens (including phenoxy) is 1. The molecule has 0 saturated carbocycles. The summed E-state index contributed by atoms with van der Waals surface area (Å²) in [4.78, 5) is 34.2. The molecular formula is C31H33BN2O7S. The van der Waals surface area contributed by atoms with Crippen LogP contribution in [0.1, 0.15) is 41.4 Å². The van der Waals surface area contributed by atoms with E-state index < -0.39 is 25.1 Å². The van der Waals surface area contributed by atoms with Gasteiger partial charge in [-0.1, -0.05) is 12.1 Å². The SMILES string of the molecule is COCC1=C2[C@@H](CC/C(=C/c3ccc(CO)o3)c3ccccn3)OB(O)C[C@@H]2[C@@H]2C(=O)N(Cc3cccs3)C(=O)[C@@H]2C1. The Bertz CT molecular complexity index is 1490. The van der Waals surface area contributed by atoms with Crippen LogP contribution in [0.25, 0.3) is 11.6 Å². The van der Waals surface area contributed by atoms with Crippen molar-refractivity contribution in [2.45, 2.75) is 44.8 Å². The lowest BCUT2D eigenvalue weighted by Crippen LogP contribution is -2.46. The summed E-state index contributed by atoms with van der Waals surface area (Å²) in [6, 6.07) is 13.1. The Labute approximate surface area is 248 Å². The molecule has 0 radical (unpaired) electrons. The molecule has 6 rings (SSSR count). The van der Waals surface area contributed by atoms with E-state index >= 15 is 0 Å². The molecule has 2 amide bonds. The van der Waals surface area contributed by atoms with Gasteiger partial charge in [0, 0.05) is 18.2 Å². The Morgan fingerprint density at radius 1 is 1.19 bits per heavy atom. The van der Waals surface area contributed by atoms with Crippen LogP contribution >= 0.6 is 11.3 Å². The highest BCUT2D eigenvalue weighted by Gasteiger charge is 2.57. The van der Waals surface area contributed by atoms with Crippen molar-refractivity contribution in [3.63, 3.8) is 0 Å². The zero-order valence-electron chi connectivity index (χ0n) is 23.3. The van der Waals surface area contributed by atoms with E-state index in [1.165, 1.54) is 16.2 Å². The molecule has 2 aliphatic heterocycles. The van der Waals surface area contributed by atoms with Crippen LogP contribution in [0.15, 0.2) is 69.6 Å². The number of rotatable bonds is 10. The normalized spacial score (nSPS) is 24.4. The molecule has 0 bridgehead atoms. The number of hydrogen-bond acceptors (Lipinski definition) is 9. The van der Waals surface area contributed by atoms with Crippen LogP contribution in [0.2, 0.25) is 6.32 Å². The fourth-order valence-corrected chi connectivity index (χ4v) is 7.39. The molecule has 218 valence electrons. The van der Waals surface area contributed by atoms with Crippen molar-refractivity contribution >= 4 is 41.9 Å². The van der Waals surface area contributed by atoms with Gasteiger partial charge in [0.15, 0.2) is 0 Å². The summed E-state index contributed by atoms with van der Waals surface area (Å²) >= 11 is 1.52. The predicted octanol–water partition coefficient (Wildman–Crippen LogP) is 4.19. The second kappa shape index (κ2) is 12.5. The number of amides is 2. The maximum Gasteiger partial charge on any atom is 0.455 e. The molecule has 3 aromatic heterocycles. The van der Waals surface area contributed by atoms with Gasteiger partial charge in [-0.3, -0.25) is 19.5 Å². The maximum atomic E-state index is 13.8. The number of aliphatic hydroxyl groups excluding tert-OH is 1. The molecule has 2 N–H and O–H groups in total. The van der Waals surface area contributed by atoms with Gasteiger partial charge in [0.05, 0.1) is 36.8 Å². The molecule has 0 aromatic carbocycles. The Hall–Kier alpha value is -3.35. The van der Waals surface area contributed by atoms with E-state index in [0.717, 1.165) is 27.3 Å². The van der Waals surface area contributed by atoms with Crippen molar-refractivity contribution in [3.8, 4) is 0 Å². The van der Waals surface area contributed by atoms with E-state index in [4.69, 9.17) is 13.8 Å². The third kappa shape index (κ3) is 5.67. The van der Waals surface area contributed by atoms with Crippen molar-refractivity contribution in [3.05, 3.63) is 87.3 Å². The van der Waals surface area contributed by atoms with Crippen molar-refractivity contribution in [2.75, 3.05) is 13.7 Å². The highest BCUT2D eigenvalue weighted by molar-refractivity contribution is 7.09. The van der Waals surface area contributed by atoms with Crippen LogP contribution in [0, 0.1) is 17.8 Å². The summed E-state index contributed by atoms with van der Waals surface area (Å²) in [5.74, 6) is -0.555. The van der Waals surface area contributed by atoms with Crippen LogP contribution in [-0.4, -0.2) is 58.8 Å². The quantitative estimate of drug-likeness (QED) is 0.206. The third-order valence-corrected chi connectivity index (χ3v) is 9.30. The summed E-state index contributed by atoms with van der Waals surface area (Å²) in [6.45, 7) is 0.415. The van der Waals surface area contributed by atoms with Crippen molar-refractivity contribution in [2.24, 2.45) is 17.8 Å². The van der Waals surface area contributed by atoms with Gasteiger partial charge < -0.3 is 23.9 Å². The summed E-state index contributed by atoms with van der Waals surface area (Å²) in [6.07, 6.45) is 4.93. The number of carbonyl (C=O) groups excluding carboxylic acids is 2. The van der Waals surface area contributed by atoms with Crippen LogP contribution in [0.5, 0.6) is 0 Å². The molecule has 2 saturated heterocycles. The minimum Gasteiger partial charge on any atom is -0.459 e. The molecule has 42 heavy (non-hydrogen) atoms. The smallest absolute Gasteiger partial charge is 0.455 e. The van der Waals surface area contributed by atoms with Gasteiger partial charge in [-0.15, -0.1) is 11.3 Å². The molecule has 3 aliphatic rings. The zero-order valence-corrected chi connectivity index (χ0v) is 24.2. The number of furan rings is 1. The topological polar surface area (TPSA) is 122 Å². The average Bonchev–Trinajstić information content (AvgIpc) is 3.73. The molecule has 9 nitrogen and oxygen atoms in total. The van der Waals surface area contributed by atoms with E-state index in [2.05, 4.69) is 4.98 Å². The molecule has 2 fully saturated rings. The van der Waals surface area contributed by atoms with Crippen molar-refractivity contribution in [1.82, 2.24) is 9.88 Å². The van der Waals surface area contributed by atoms with Crippen LogP contribution in [-0.2, 0) is 32.1 Å². The maximum absolute atomic E-state index is 13.8. The molecule has 4 atom stereocenters. The van der Waals surface area contributed by atoms with Gasteiger partial charge in [-0.2, -0.15) is 0 Å². The van der Waals surface area contributed by atoms with Crippen molar-refractivity contribution in [1.29, 1.82) is 0 Å². The fourth-order valence-electron chi connectivity index (χ4n) is 6.69. The number of hydrogen-bond donors (Lipinski definition) is 2. The van der Waals surface area contributed by atoms with E-state index in [1.807, 2.05) is 41.8 Å². The predicted molar refractivity (Wildman–Crippen MR) is 157 cm³/mol. The number of aromatic nitrogens is 1. The Morgan fingerprint density at radius 3 is 2.79 bits per heavy atom. The number of fused-ring (bicyclic) bond motifs is 3. The minimum absolute atomic E-state index is 0.148. The number of aliphatic hydroxyl groups is 1. The number of carbonyl (C=O) groups is 2. The van der Waals surface area contributed by atoms with E-state index in [0.29, 0.717) is 37.4 Å². The van der Waals surface area contributed by atoms with Crippen LogP contribution in [0.4, 0.5) is 0 Å². The largest absolute Gasteiger partial charge is 0.459 e. The second-order valence-corrected chi connectivity index (χ2v) is 12.0. The van der Waals surface area contributed by atoms with Gasteiger partial charge in [-0.05, 0) is 90.0 Å². The molecule has 5 heterocycles. The summed E-state index contributed by atoms with van der Waals surface area (Å²) < 4.78 is 17.4. The number of thiophene rings is 1. The van der Waals surface area contributed by atoms with Gasteiger partial charge in [0.25, 0.3) is 0 Å². The molecule has 11 heteroatoms. The van der Waals surface area contributed by atoms with Gasteiger partial charge in [-0.25, -0.2) is 0 Å². The lowest BCUT2D eigenvalue weighted by Gasteiger charge is -2.43. The first-order valence-electron chi connectivity index (χ1n) is 14.2.